The topological polar surface area (TPSA) is 80.5 Å². The summed E-state index contributed by atoms with van der Waals surface area (Å²) in [6.07, 6.45) is 3.38. The highest BCUT2D eigenvalue weighted by Gasteiger charge is 2.43. The normalized spacial score (nSPS) is 22.5. The summed E-state index contributed by atoms with van der Waals surface area (Å²) >= 11 is 8.14. The number of hydrogen-bond donors (Lipinski definition) is 1. The Bertz CT molecular complexity index is 1120. The van der Waals surface area contributed by atoms with E-state index in [1.165, 1.54) is 16.0 Å². The van der Waals surface area contributed by atoms with Crippen molar-refractivity contribution in [2.75, 3.05) is 13.1 Å². The van der Waals surface area contributed by atoms with Crippen LogP contribution in [0, 0.1) is 11.8 Å². The summed E-state index contributed by atoms with van der Waals surface area (Å²) in [5, 5.41) is 16.1. The number of aliphatic hydroxyl groups is 1. The number of nitrogens with zero attached hydrogens (tertiary/aromatic N) is 4. The molecule has 1 aromatic carbocycles. The molecule has 0 bridgehead atoms. The summed E-state index contributed by atoms with van der Waals surface area (Å²) in [7, 11) is 0. The van der Waals surface area contributed by atoms with Crippen LogP contribution in [0.4, 0.5) is 4.79 Å². The molecular formula is C22H21ClN4O3S. The number of ether oxygens (including phenoxy) is 1. The average molecular weight is 457 g/mol. The van der Waals surface area contributed by atoms with Gasteiger partial charge in [-0.15, -0.1) is 11.3 Å². The molecule has 3 aromatic rings. The van der Waals surface area contributed by atoms with Crippen LogP contribution < -0.4 is 4.74 Å². The van der Waals surface area contributed by atoms with Gasteiger partial charge in [0.25, 0.3) is 0 Å². The van der Waals surface area contributed by atoms with Crippen LogP contribution in [-0.4, -0.2) is 50.0 Å². The molecule has 1 aliphatic heterocycles. The Morgan fingerprint density at radius 3 is 2.68 bits per heavy atom. The summed E-state index contributed by atoms with van der Waals surface area (Å²) in [6.45, 7) is 4.78. The first-order chi connectivity index (χ1) is 15.0. The lowest BCUT2D eigenvalue weighted by molar-refractivity contribution is 0.179. The molecule has 1 aliphatic carbocycles. The Kier molecular flexibility index (Phi) is 5.19. The molecule has 2 aliphatic rings. The molecular weight excluding hydrogens is 436 g/mol. The highest BCUT2D eigenvalue weighted by atomic mass is 35.5. The molecule has 1 saturated heterocycles. The van der Waals surface area contributed by atoms with Crippen molar-refractivity contribution in [1.82, 2.24) is 19.7 Å². The monoisotopic (exact) mass is 456 g/mol. The quantitative estimate of drug-likeness (QED) is 0.562. The van der Waals surface area contributed by atoms with E-state index >= 15 is 0 Å². The highest BCUT2D eigenvalue weighted by Crippen LogP contribution is 2.42. The largest absolute Gasteiger partial charge is 0.506 e. The number of amides is 1. The SMILES string of the molecule is C=C(O)c1ccn(C(=O)N2CC3CC(Oc4cccc(-c5cscn5)c4Cl)CC3C2)n1. The maximum absolute atomic E-state index is 12.7. The second-order valence-electron chi connectivity index (χ2n) is 8.00. The number of carbonyl (C=O) groups is 1. The van der Waals surface area contributed by atoms with Crippen LogP contribution in [0.25, 0.3) is 17.0 Å². The standard InChI is InChI=1S/C22H21ClN4O3S/c1-13(28)18-5-6-27(25-18)22(29)26-9-14-7-16(8-15(14)10-26)30-20-4-2-3-17(21(20)23)19-11-31-12-24-19/h2-6,11-12,14-16,28H,1,7-10H2. The van der Waals surface area contributed by atoms with E-state index in [1.54, 1.807) is 17.8 Å². The van der Waals surface area contributed by atoms with Crippen LogP contribution in [0.5, 0.6) is 5.75 Å². The number of thiazole rings is 1. The number of aromatic nitrogens is 3. The average Bonchev–Trinajstić information content (AvgIpc) is 3.52. The lowest BCUT2D eigenvalue weighted by atomic mass is 10.0. The van der Waals surface area contributed by atoms with Crippen LogP contribution >= 0.6 is 22.9 Å². The van der Waals surface area contributed by atoms with Gasteiger partial charge >= 0.3 is 6.03 Å². The second kappa shape index (κ2) is 8.01. The third-order valence-electron chi connectivity index (χ3n) is 6.02. The van der Waals surface area contributed by atoms with Crippen LogP contribution in [-0.2, 0) is 0 Å². The molecule has 3 heterocycles. The lowest BCUT2D eigenvalue weighted by Gasteiger charge is -2.20. The van der Waals surface area contributed by atoms with Gasteiger partial charge in [-0.25, -0.2) is 9.78 Å². The number of benzene rings is 1. The van der Waals surface area contributed by atoms with Gasteiger partial charge in [0.15, 0.2) is 0 Å². The predicted octanol–water partition coefficient (Wildman–Crippen LogP) is 4.95. The molecule has 0 spiro atoms. The van der Waals surface area contributed by atoms with E-state index in [0.717, 1.165) is 24.1 Å². The molecule has 31 heavy (non-hydrogen) atoms. The van der Waals surface area contributed by atoms with Crippen molar-refractivity contribution in [3.05, 3.63) is 58.6 Å². The lowest BCUT2D eigenvalue weighted by Crippen LogP contribution is -2.34. The Morgan fingerprint density at radius 1 is 1.26 bits per heavy atom. The zero-order valence-corrected chi connectivity index (χ0v) is 18.2. The number of hydrogen-bond acceptors (Lipinski definition) is 6. The first-order valence-corrected chi connectivity index (χ1v) is 11.4. The molecule has 9 heteroatoms. The van der Waals surface area contributed by atoms with Crippen LogP contribution in [0.3, 0.4) is 0 Å². The zero-order chi connectivity index (χ0) is 21.5. The minimum absolute atomic E-state index is 0.0736. The molecule has 1 amide bonds. The van der Waals surface area contributed by atoms with Gasteiger partial charge in [-0.3, -0.25) is 0 Å². The molecule has 0 radical (unpaired) electrons. The number of likely N-dealkylation sites (tertiary alicyclic amines) is 1. The van der Waals surface area contributed by atoms with Gasteiger partial charge in [0.1, 0.15) is 17.2 Å². The number of carbonyl (C=O) groups excluding carboxylic acids is 1. The van der Waals surface area contributed by atoms with Crippen molar-refractivity contribution in [2.45, 2.75) is 18.9 Å². The molecule has 160 valence electrons. The predicted molar refractivity (Wildman–Crippen MR) is 119 cm³/mol. The minimum atomic E-state index is -0.182. The van der Waals surface area contributed by atoms with E-state index in [0.29, 0.717) is 41.4 Å². The number of fused-ring (bicyclic) bond motifs is 1. The van der Waals surface area contributed by atoms with Gasteiger partial charge in [-0.1, -0.05) is 30.3 Å². The van der Waals surface area contributed by atoms with E-state index in [1.807, 2.05) is 28.5 Å². The fraction of sp³-hybridized carbons (Fsp3) is 0.318. The molecule has 1 saturated carbocycles. The Balaban J connectivity index is 1.22. The van der Waals surface area contributed by atoms with Crippen molar-refractivity contribution in [1.29, 1.82) is 0 Å². The van der Waals surface area contributed by atoms with Gasteiger partial charge in [-0.05, 0) is 36.8 Å². The van der Waals surface area contributed by atoms with Crippen molar-refractivity contribution < 1.29 is 14.6 Å². The molecule has 2 atom stereocenters. The summed E-state index contributed by atoms with van der Waals surface area (Å²) < 4.78 is 7.54. The van der Waals surface area contributed by atoms with Crippen molar-refractivity contribution in [2.24, 2.45) is 11.8 Å². The van der Waals surface area contributed by atoms with E-state index in [-0.39, 0.29) is 17.9 Å². The summed E-state index contributed by atoms with van der Waals surface area (Å²) in [5.41, 5.74) is 3.82. The second-order valence-corrected chi connectivity index (χ2v) is 9.10. The molecule has 2 unspecified atom stereocenters. The van der Waals surface area contributed by atoms with E-state index < -0.39 is 0 Å². The summed E-state index contributed by atoms with van der Waals surface area (Å²) in [4.78, 5) is 18.9. The summed E-state index contributed by atoms with van der Waals surface area (Å²) in [6, 6.07) is 7.17. The van der Waals surface area contributed by atoms with E-state index in [4.69, 9.17) is 16.3 Å². The molecule has 1 N–H and O–H groups in total. The van der Waals surface area contributed by atoms with Gasteiger partial charge in [0, 0.05) is 30.2 Å². The molecule has 5 rings (SSSR count). The van der Waals surface area contributed by atoms with Crippen LogP contribution in [0.2, 0.25) is 5.02 Å². The fourth-order valence-electron chi connectivity index (χ4n) is 4.55. The third-order valence-corrected chi connectivity index (χ3v) is 7.00. The Labute approximate surface area is 188 Å². The van der Waals surface area contributed by atoms with Crippen LogP contribution in [0.15, 0.2) is 47.9 Å². The van der Waals surface area contributed by atoms with Gasteiger partial charge in [0.2, 0.25) is 0 Å². The first kappa shape index (κ1) is 20.1. The number of rotatable bonds is 4. The first-order valence-electron chi connectivity index (χ1n) is 10.1. The summed E-state index contributed by atoms with van der Waals surface area (Å²) in [5.74, 6) is 1.30. The third kappa shape index (κ3) is 3.81. The molecule has 2 aromatic heterocycles. The van der Waals surface area contributed by atoms with E-state index in [2.05, 4.69) is 16.7 Å². The maximum atomic E-state index is 12.7. The Morgan fingerprint density at radius 2 is 2.03 bits per heavy atom. The highest BCUT2D eigenvalue weighted by molar-refractivity contribution is 7.07. The fourth-order valence-corrected chi connectivity index (χ4v) is 5.37. The molecule has 2 fully saturated rings. The van der Waals surface area contributed by atoms with Gasteiger partial charge < -0.3 is 14.7 Å². The minimum Gasteiger partial charge on any atom is -0.506 e. The van der Waals surface area contributed by atoms with Gasteiger partial charge in [-0.2, -0.15) is 9.78 Å². The Hall–Kier alpha value is -2.84. The van der Waals surface area contributed by atoms with Crippen LogP contribution in [0.1, 0.15) is 18.5 Å². The van der Waals surface area contributed by atoms with Crippen molar-refractivity contribution >= 4 is 34.7 Å². The van der Waals surface area contributed by atoms with Crippen molar-refractivity contribution in [3.8, 4) is 17.0 Å². The maximum Gasteiger partial charge on any atom is 0.344 e. The van der Waals surface area contributed by atoms with E-state index in [9.17, 15) is 9.90 Å². The van der Waals surface area contributed by atoms with Crippen molar-refractivity contribution in [3.63, 3.8) is 0 Å². The smallest absolute Gasteiger partial charge is 0.344 e. The molecule has 7 nitrogen and oxygen atoms in total. The zero-order valence-electron chi connectivity index (χ0n) is 16.6. The van der Waals surface area contributed by atoms with Gasteiger partial charge in [0.05, 0.1) is 22.3 Å². The number of halogens is 1. The number of aliphatic hydroxyl groups excluding tert-OH is 1.